The van der Waals surface area contributed by atoms with E-state index in [1.165, 1.54) is 0 Å². The van der Waals surface area contributed by atoms with Gasteiger partial charge in [-0.2, -0.15) is 0 Å². The first-order valence-electron chi connectivity index (χ1n) is 6.99. The number of benzene rings is 1. The summed E-state index contributed by atoms with van der Waals surface area (Å²) in [5.41, 5.74) is 2.07. The molecule has 110 valence electrons. The summed E-state index contributed by atoms with van der Waals surface area (Å²) in [5, 5.41) is 7.97. The minimum Gasteiger partial charge on any atom is -0.496 e. The highest BCUT2D eigenvalue weighted by Gasteiger charge is 2.25. The molecule has 0 aromatic heterocycles. The maximum Gasteiger partial charge on any atom is 0.257 e. The van der Waals surface area contributed by atoms with Crippen LogP contribution in [-0.4, -0.2) is 36.7 Å². The zero-order chi connectivity index (χ0) is 15.2. The van der Waals surface area contributed by atoms with Crippen molar-refractivity contribution in [2.75, 3.05) is 20.2 Å². The fraction of sp³-hybridized carbons (Fsp3) is 0.294. The number of nitrogens with zero attached hydrogens (tertiary/aromatic N) is 1. The standard InChI is InChI=1S/C17H20N2O2/c1-3-4-7-13-12-19(11-10-15(13)18)17(20)14-8-5-6-9-16(14)21-2/h3-9,18H,10-12H2,1-2H3/b4-3+,13-7-,18-15?. The Hall–Kier alpha value is -2.36. The van der Waals surface area contributed by atoms with Crippen LogP contribution >= 0.6 is 0 Å². The van der Waals surface area contributed by atoms with E-state index in [9.17, 15) is 4.79 Å². The molecule has 0 bridgehead atoms. The number of hydrogen-bond donors (Lipinski definition) is 1. The molecular weight excluding hydrogens is 264 g/mol. The molecule has 0 spiro atoms. The second-order valence-electron chi connectivity index (χ2n) is 4.87. The predicted molar refractivity (Wildman–Crippen MR) is 84.1 cm³/mol. The van der Waals surface area contributed by atoms with Crippen molar-refractivity contribution in [2.45, 2.75) is 13.3 Å². The SMILES string of the molecule is C/C=C/C=C1/CN(C(=O)c2ccccc2OC)CCC1=N. The van der Waals surface area contributed by atoms with E-state index in [4.69, 9.17) is 10.1 Å². The summed E-state index contributed by atoms with van der Waals surface area (Å²) in [6.07, 6.45) is 6.32. The summed E-state index contributed by atoms with van der Waals surface area (Å²) in [6, 6.07) is 7.24. The monoisotopic (exact) mass is 284 g/mol. The molecule has 1 amide bonds. The number of hydrogen-bond acceptors (Lipinski definition) is 3. The van der Waals surface area contributed by atoms with Crippen molar-refractivity contribution in [1.29, 1.82) is 5.41 Å². The molecule has 0 unspecified atom stereocenters. The van der Waals surface area contributed by atoms with Crippen LogP contribution in [0, 0.1) is 5.41 Å². The number of likely N-dealkylation sites (tertiary alicyclic amines) is 1. The maximum atomic E-state index is 12.6. The summed E-state index contributed by atoms with van der Waals surface area (Å²) >= 11 is 0. The Labute approximate surface area is 125 Å². The minimum absolute atomic E-state index is 0.0497. The molecule has 1 aliphatic rings. The summed E-state index contributed by atoms with van der Waals surface area (Å²) in [7, 11) is 1.56. The van der Waals surface area contributed by atoms with Gasteiger partial charge in [-0.3, -0.25) is 4.79 Å². The third kappa shape index (κ3) is 3.40. The zero-order valence-corrected chi connectivity index (χ0v) is 12.4. The van der Waals surface area contributed by atoms with E-state index in [1.807, 2.05) is 37.3 Å². The Bertz CT molecular complexity index is 603. The molecule has 1 saturated heterocycles. The fourth-order valence-electron chi connectivity index (χ4n) is 2.32. The van der Waals surface area contributed by atoms with Crippen LogP contribution in [0.4, 0.5) is 0 Å². The Morgan fingerprint density at radius 2 is 2.14 bits per heavy atom. The number of allylic oxidation sites excluding steroid dienone is 3. The molecule has 1 heterocycles. The highest BCUT2D eigenvalue weighted by Crippen LogP contribution is 2.22. The molecule has 21 heavy (non-hydrogen) atoms. The van der Waals surface area contributed by atoms with Crippen molar-refractivity contribution in [1.82, 2.24) is 4.90 Å². The van der Waals surface area contributed by atoms with Gasteiger partial charge in [0.2, 0.25) is 0 Å². The van der Waals surface area contributed by atoms with E-state index in [-0.39, 0.29) is 5.91 Å². The average molecular weight is 284 g/mol. The Morgan fingerprint density at radius 3 is 2.86 bits per heavy atom. The first-order chi connectivity index (χ1) is 10.2. The van der Waals surface area contributed by atoms with Gasteiger partial charge in [-0.1, -0.05) is 30.4 Å². The quantitative estimate of drug-likeness (QED) is 0.927. The number of carbonyl (C=O) groups is 1. The predicted octanol–water partition coefficient (Wildman–Crippen LogP) is 3.06. The van der Waals surface area contributed by atoms with Gasteiger partial charge in [-0.15, -0.1) is 0 Å². The van der Waals surface area contributed by atoms with E-state index in [0.717, 1.165) is 5.57 Å². The Morgan fingerprint density at radius 1 is 1.38 bits per heavy atom. The number of amides is 1. The molecule has 0 radical (unpaired) electrons. The summed E-state index contributed by atoms with van der Waals surface area (Å²) in [6.45, 7) is 2.98. The summed E-state index contributed by atoms with van der Waals surface area (Å²) in [5.74, 6) is 0.536. The lowest BCUT2D eigenvalue weighted by Gasteiger charge is -2.29. The second-order valence-corrected chi connectivity index (χ2v) is 4.87. The molecule has 1 N–H and O–H groups in total. The lowest BCUT2D eigenvalue weighted by molar-refractivity contribution is 0.0767. The normalized spacial score (nSPS) is 17.5. The number of carbonyl (C=O) groups excluding carboxylic acids is 1. The molecule has 2 rings (SSSR count). The number of nitrogens with one attached hydrogen (secondary N) is 1. The lowest BCUT2D eigenvalue weighted by atomic mass is 10.0. The van der Waals surface area contributed by atoms with Crippen LogP contribution in [-0.2, 0) is 0 Å². The number of ether oxygens (including phenoxy) is 1. The molecule has 4 heteroatoms. The van der Waals surface area contributed by atoms with Crippen molar-refractivity contribution in [2.24, 2.45) is 0 Å². The molecule has 0 saturated carbocycles. The van der Waals surface area contributed by atoms with Gasteiger partial charge in [0.25, 0.3) is 5.91 Å². The number of rotatable bonds is 3. The van der Waals surface area contributed by atoms with Crippen LogP contribution in [0.2, 0.25) is 0 Å². The molecule has 0 atom stereocenters. The first-order valence-corrected chi connectivity index (χ1v) is 6.99. The van der Waals surface area contributed by atoms with Crippen molar-refractivity contribution in [3.63, 3.8) is 0 Å². The summed E-state index contributed by atoms with van der Waals surface area (Å²) < 4.78 is 5.25. The molecule has 1 fully saturated rings. The van der Waals surface area contributed by atoms with Gasteiger partial charge in [0.1, 0.15) is 5.75 Å². The van der Waals surface area contributed by atoms with Gasteiger partial charge in [-0.25, -0.2) is 0 Å². The van der Waals surface area contributed by atoms with E-state index in [0.29, 0.717) is 36.5 Å². The van der Waals surface area contributed by atoms with Gasteiger partial charge in [0.15, 0.2) is 0 Å². The van der Waals surface area contributed by atoms with E-state index >= 15 is 0 Å². The number of para-hydroxylation sites is 1. The molecule has 1 aromatic rings. The molecule has 0 aliphatic carbocycles. The van der Waals surface area contributed by atoms with Crippen LogP contribution < -0.4 is 4.74 Å². The molecule has 1 aliphatic heterocycles. The topological polar surface area (TPSA) is 53.4 Å². The molecular formula is C17H20N2O2. The third-order valence-corrected chi connectivity index (χ3v) is 3.49. The smallest absolute Gasteiger partial charge is 0.257 e. The Kier molecular flexibility index (Phi) is 4.93. The fourth-order valence-corrected chi connectivity index (χ4v) is 2.32. The third-order valence-electron chi connectivity index (χ3n) is 3.49. The summed E-state index contributed by atoms with van der Waals surface area (Å²) in [4.78, 5) is 14.4. The van der Waals surface area contributed by atoms with Gasteiger partial charge in [-0.05, 0) is 24.6 Å². The van der Waals surface area contributed by atoms with Crippen LogP contribution in [0.3, 0.4) is 0 Å². The van der Waals surface area contributed by atoms with Crippen LogP contribution in [0.1, 0.15) is 23.7 Å². The van der Waals surface area contributed by atoms with Gasteiger partial charge < -0.3 is 15.0 Å². The van der Waals surface area contributed by atoms with Crippen molar-refractivity contribution in [3.8, 4) is 5.75 Å². The largest absolute Gasteiger partial charge is 0.496 e. The first kappa shape index (κ1) is 15.0. The van der Waals surface area contributed by atoms with Gasteiger partial charge in [0, 0.05) is 25.2 Å². The van der Waals surface area contributed by atoms with Crippen molar-refractivity contribution < 1.29 is 9.53 Å². The van der Waals surface area contributed by atoms with Crippen LogP contribution in [0.15, 0.2) is 48.1 Å². The van der Waals surface area contributed by atoms with Crippen molar-refractivity contribution >= 4 is 11.6 Å². The second kappa shape index (κ2) is 6.88. The minimum atomic E-state index is -0.0497. The van der Waals surface area contributed by atoms with Crippen LogP contribution in [0.5, 0.6) is 5.75 Å². The average Bonchev–Trinajstić information content (AvgIpc) is 2.53. The zero-order valence-electron chi connectivity index (χ0n) is 12.4. The number of piperidine rings is 1. The highest BCUT2D eigenvalue weighted by molar-refractivity contribution is 6.03. The molecule has 4 nitrogen and oxygen atoms in total. The van der Waals surface area contributed by atoms with Gasteiger partial charge in [0.05, 0.1) is 12.7 Å². The van der Waals surface area contributed by atoms with Crippen LogP contribution in [0.25, 0.3) is 0 Å². The lowest BCUT2D eigenvalue weighted by Crippen LogP contribution is -2.40. The number of methoxy groups -OCH3 is 1. The highest BCUT2D eigenvalue weighted by atomic mass is 16.5. The van der Waals surface area contributed by atoms with E-state index in [2.05, 4.69) is 0 Å². The van der Waals surface area contributed by atoms with E-state index < -0.39 is 0 Å². The van der Waals surface area contributed by atoms with Gasteiger partial charge >= 0.3 is 0 Å². The molecule has 1 aromatic carbocycles. The van der Waals surface area contributed by atoms with Crippen molar-refractivity contribution in [3.05, 3.63) is 53.6 Å². The Balaban J connectivity index is 2.22. The van der Waals surface area contributed by atoms with E-state index in [1.54, 1.807) is 24.1 Å². The maximum absolute atomic E-state index is 12.6.